The summed E-state index contributed by atoms with van der Waals surface area (Å²) in [6.45, 7) is 8.49. The molecule has 7 heteroatoms. The molecule has 1 aliphatic carbocycles. The minimum absolute atomic E-state index is 0.0223. The number of esters is 1. The van der Waals surface area contributed by atoms with Crippen LogP contribution in [0.4, 0.5) is 0 Å². The molecule has 1 atom stereocenters. The van der Waals surface area contributed by atoms with Gasteiger partial charge in [-0.25, -0.2) is 0 Å². The molecule has 22 heavy (non-hydrogen) atoms. The van der Waals surface area contributed by atoms with Crippen LogP contribution >= 0.6 is 0 Å². The highest BCUT2D eigenvalue weighted by molar-refractivity contribution is 6.83. The predicted molar refractivity (Wildman–Crippen MR) is 87.9 cm³/mol. The average Bonchev–Trinajstić information content (AvgIpc) is 2.42. The van der Waals surface area contributed by atoms with Gasteiger partial charge in [-0.3, -0.25) is 9.59 Å². The summed E-state index contributed by atoms with van der Waals surface area (Å²) in [6.07, 6.45) is 6.46. The van der Waals surface area contributed by atoms with Gasteiger partial charge in [-0.2, -0.15) is 0 Å². The maximum atomic E-state index is 11.8. The second-order valence-electron chi connectivity index (χ2n) is 6.54. The molecule has 0 aromatic carbocycles. The molecular weight excluding hydrogens is 298 g/mol. The van der Waals surface area contributed by atoms with E-state index in [1.54, 1.807) is 12.2 Å². The van der Waals surface area contributed by atoms with E-state index in [2.05, 4.69) is 29.7 Å². The van der Waals surface area contributed by atoms with Gasteiger partial charge < -0.3 is 4.74 Å². The minimum Gasteiger partial charge on any atom is -0.465 e. The van der Waals surface area contributed by atoms with Crippen molar-refractivity contribution in [3.63, 3.8) is 0 Å². The second kappa shape index (κ2) is 7.42. The number of ketones is 1. The number of carbonyl (C=O) groups excluding carboxylic acids is 2. The summed E-state index contributed by atoms with van der Waals surface area (Å²) in [6, 6.07) is 0. The Hall–Kier alpha value is -1.85. The summed E-state index contributed by atoms with van der Waals surface area (Å²) >= 11 is 0. The number of rotatable bonds is 7. The molecule has 0 N–H and O–H groups in total. The van der Waals surface area contributed by atoms with E-state index in [4.69, 9.17) is 10.3 Å². The van der Waals surface area contributed by atoms with Crippen LogP contribution in [0.3, 0.4) is 0 Å². The lowest BCUT2D eigenvalue weighted by atomic mass is 9.80. The van der Waals surface area contributed by atoms with Gasteiger partial charge in [0.15, 0.2) is 5.78 Å². The number of carbonyl (C=O) groups is 2. The van der Waals surface area contributed by atoms with Crippen molar-refractivity contribution in [1.29, 1.82) is 0 Å². The molecule has 120 valence electrons. The van der Waals surface area contributed by atoms with Crippen molar-refractivity contribution in [1.82, 2.24) is 0 Å². The third-order valence-corrected chi connectivity index (χ3v) is 5.93. The highest BCUT2D eigenvalue weighted by Crippen LogP contribution is 2.42. The highest BCUT2D eigenvalue weighted by atomic mass is 28.3. The monoisotopic (exact) mass is 321 g/mol. The summed E-state index contributed by atoms with van der Waals surface area (Å²) in [5.74, 6) is -0.361. The van der Waals surface area contributed by atoms with Crippen LogP contribution in [-0.2, 0) is 14.3 Å². The van der Waals surface area contributed by atoms with E-state index < -0.39 is 13.5 Å². The molecule has 0 bridgehead atoms. The van der Waals surface area contributed by atoms with E-state index in [1.165, 1.54) is 6.92 Å². The quantitative estimate of drug-likeness (QED) is 0.179. The van der Waals surface area contributed by atoms with Crippen LogP contribution in [-0.4, -0.2) is 33.0 Å². The zero-order chi connectivity index (χ0) is 16.8. The fourth-order valence-electron chi connectivity index (χ4n) is 2.79. The van der Waals surface area contributed by atoms with Crippen molar-refractivity contribution in [3.05, 3.63) is 33.9 Å². The third-order valence-electron chi connectivity index (χ3n) is 3.67. The van der Waals surface area contributed by atoms with Gasteiger partial charge in [0, 0.05) is 23.8 Å². The Kier molecular flexibility index (Phi) is 6.14. The highest BCUT2D eigenvalue weighted by Gasteiger charge is 2.41. The van der Waals surface area contributed by atoms with Crippen molar-refractivity contribution < 1.29 is 14.3 Å². The molecule has 0 amide bonds. The smallest absolute Gasteiger partial charge is 0.302 e. The fourth-order valence-corrected chi connectivity index (χ4v) is 5.13. The van der Waals surface area contributed by atoms with E-state index in [9.17, 15) is 9.59 Å². The lowest BCUT2D eigenvalue weighted by Gasteiger charge is -2.40. The van der Waals surface area contributed by atoms with E-state index in [0.717, 1.165) is 5.20 Å². The first-order chi connectivity index (χ1) is 10.2. The maximum Gasteiger partial charge on any atom is 0.302 e. The maximum absolute atomic E-state index is 11.8. The zero-order valence-electron chi connectivity index (χ0n) is 13.6. The fraction of sp³-hybridized carbons (Fsp3) is 0.600. The van der Waals surface area contributed by atoms with Crippen molar-refractivity contribution in [2.75, 3.05) is 13.2 Å². The summed E-state index contributed by atoms with van der Waals surface area (Å²) in [5, 5.41) is 4.64. The summed E-state index contributed by atoms with van der Waals surface area (Å²) in [4.78, 5) is 25.8. The Morgan fingerprint density at radius 3 is 2.68 bits per heavy atom. The molecule has 0 aromatic heterocycles. The third kappa shape index (κ3) is 4.86. The Morgan fingerprint density at radius 2 is 2.14 bits per heavy atom. The summed E-state index contributed by atoms with van der Waals surface area (Å²) < 4.78 is 5.28. The molecule has 0 spiro atoms. The van der Waals surface area contributed by atoms with E-state index in [1.807, 2.05) is 6.08 Å². The lowest BCUT2D eigenvalue weighted by Crippen LogP contribution is -2.42. The molecule has 0 saturated carbocycles. The first-order valence-electron chi connectivity index (χ1n) is 7.31. The van der Waals surface area contributed by atoms with Gasteiger partial charge in [0.25, 0.3) is 0 Å². The van der Waals surface area contributed by atoms with Crippen LogP contribution in [0.25, 0.3) is 10.4 Å². The van der Waals surface area contributed by atoms with E-state index >= 15 is 0 Å². The Morgan fingerprint density at radius 1 is 1.45 bits per heavy atom. The molecule has 1 aliphatic rings. The second-order valence-corrected chi connectivity index (χ2v) is 11.6. The molecule has 6 nitrogen and oxygen atoms in total. The molecular formula is C15H23N3O3Si. The summed E-state index contributed by atoms with van der Waals surface area (Å²) in [5.41, 5.74) is 7.92. The van der Waals surface area contributed by atoms with Gasteiger partial charge in [0.2, 0.25) is 0 Å². The lowest BCUT2D eigenvalue weighted by molar-refractivity contribution is -0.143. The van der Waals surface area contributed by atoms with Crippen LogP contribution in [0.2, 0.25) is 19.6 Å². The first-order valence-corrected chi connectivity index (χ1v) is 10.8. The van der Waals surface area contributed by atoms with Crippen molar-refractivity contribution in [2.24, 2.45) is 10.5 Å². The van der Waals surface area contributed by atoms with Crippen LogP contribution in [0.15, 0.2) is 28.5 Å². The van der Waals surface area contributed by atoms with Gasteiger partial charge in [-0.05, 0) is 30.5 Å². The largest absolute Gasteiger partial charge is 0.465 e. The number of azide groups is 1. The Labute approximate surface area is 131 Å². The number of allylic oxidation sites excluding steroid dienone is 2. The summed E-state index contributed by atoms with van der Waals surface area (Å²) in [7, 11) is -1.78. The van der Waals surface area contributed by atoms with Crippen LogP contribution < -0.4 is 0 Å². The molecule has 1 unspecified atom stereocenters. The van der Waals surface area contributed by atoms with Gasteiger partial charge >= 0.3 is 5.97 Å². The zero-order valence-corrected chi connectivity index (χ0v) is 14.6. The standard InChI is InChI=1S/C15H23N3O3Si/c1-12(19)21-11-15(7-5-9-17-18-16)8-6-13(20)10-14(15)22(2,3)4/h6,8,10H,5,7,9,11H2,1-4H3. The Balaban J connectivity index is 3.12. The number of hydrogen-bond acceptors (Lipinski definition) is 4. The van der Waals surface area contributed by atoms with Crippen LogP contribution in [0.1, 0.15) is 19.8 Å². The van der Waals surface area contributed by atoms with Crippen LogP contribution in [0.5, 0.6) is 0 Å². The van der Waals surface area contributed by atoms with Gasteiger partial charge in [0.1, 0.15) is 6.61 Å². The topological polar surface area (TPSA) is 92.1 Å². The number of hydrogen-bond donors (Lipinski definition) is 0. The van der Waals surface area contributed by atoms with Gasteiger partial charge in [-0.15, -0.1) is 0 Å². The SMILES string of the molecule is CC(=O)OCC1(CCCN=[N+]=[N-])C=CC(=O)C=C1[Si](C)(C)C. The average molecular weight is 321 g/mol. The van der Waals surface area contributed by atoms with Crippen molar-refractivity contribution in [2.45, 2.75) is 39.4 Å². The molecule has 0 aromatic rings. The molecule has 0 fully saturated rings. The minimum atomic E-state index is -1.78. The first kappa shape index (κ1) is 18.2. The number of nitrogens with zero attached hydrogens (tertiary/aromatic N) is 3. The van der Waals surface area contributed by atoms with E-state index in [-0.39, 0.29) is 18.4 Å². The van der Waals surface area contributed by atoms with Gasteiger partial charge in [-0.1, -0.05) is 36.0 Å². The molecule has 1 rings (SSSR count). The molecule has 0 radical (unpaired) electrons. The van der Waals surface area contributed by atoms with Crippen molar-refractivity contribution in [3.8, 4) is 0 Å². The normalized spacial score (nSPS) is 21.1. The van der Waals surface area contributed by atoms with E-state index in [0.29, 0.717) is 19.4 Å². The molecule has 0 saturated heterocycles. The van der Waals surface area contributed by atoms with Crippen LogP contribution in [0, 0.1) is 5.41 Å². The van der Waals surface area contributed by atoms with Crippen molar-refractivity contribution >= 4 is 19.8 Å². The molecule has 0 heterocycles. The molecule has 0 aliphatic heterocycles. The Bertz CT molecular complexity index is 557. The van der Waals surface area contributed by atoms with Gasteiger partial charge in [0.05, 0.1) is 8.07 Å². The predicted octanol–water partition coefficient (Wildman–Crippen LogP) is 3.57. The number of ether oxygens (including phenoxy) is 1.